The number of carbonyl (C=O) groups excluding carboxylic acids is 3. The molecule has 13 heteroatoms. The van der Waals surface area contributed by atoms with Gasteiger partial charge in [0.2, 0.25) is 0 Å². The van der Waals surface area contributed by atoms with E-state index in [9.17, 15) is 14.4 Å². The van der Waals surface area contributed by atoms with Crippen molar-refractivity contribution in [1.29, 1.82) is 0 Å². The number of ether oxygens (including phenoxy) is 4. The highest BCUT2D eigenvalue weighted by Crippen LogP contribution is 2.67. The molecule has 40 heavy (non-hydrogen) atoms. The predicted molar refractivity (Wildman–Crippen MR) is 154 cm³/mol. The van der Waals surface area contributed by atoms with Gasteiger partial charge in [0.25, 0.3) is 0 Å². The van der Waals surface area contributed by atoms with Gasteiger partial charge >= 0.3 is 18.0 Å². The van der Waals surface area contributed by atoms with Crippen LogP contribution in [-0.4, -0.2) is 74.1 Å². The van der Waals surface area contributed by atoms with Gasteiger partial charge in [-0.3, -0.25) is 9.79 Å². The van der Waals surface area contributed by atoms with Gasteiger partial charge in [-0.1, -0.05) is 31.4 Å². The van der Waals surface area contributed by atoms with Crippen LogP contribution in [0.5, 0.6) is 0 Å². The lowest BCUT2D eigenvalue weighted by atomic mass is 9.84. The number of fused-ring (bicyclic) bond motifs is 1. The van der Waals surface area contributed by atoms with Crippen molar-refractivity contribution in [2.45, 2.75) is 75.7 Å². The Kier molecular flexibility index (Phi) is 9.02. The van der Waals surface area contributed by atoms with Crippen molar-refractivity contribution in [2.75, 3.05) is 33.3 Å². The average Bonchev–Trinajstić information content (AvgIpc) is 3.59. The number of amides is 1. The molecule has 1 aliphatic heterocycles. The molecule has 3 rings (SSSR count). The number of nitrogens with two attached hydrogens (primary N) is 1. The summed E-state index contributed by atoms with van der Waals surface area (Å²) < 4.78 is 36.2. The molecular formula is C27H40FN3O7SSi. The summed E-state index contributed by atoms with van der Waals surface area (Å²) in [7, 11) is 1.00. The SMILES string of the molecule is COC(=O)c1cc(N)cc(C2(C)N=C(N(COCC[Si](C)(C)C)C(=O)OC(C)(C)C)SC3(C(=O)OC)CC32)c1F. The number of methoxy groups -OCH3 is 2. The zero-order chi connectivity index (χ0) is 30.3. The van der Waals surface area contributed by atoms with E-state index < -0.39 is 53.7 Å². The van der Waals surface area contributed by atoms with Gasteiger partial charge in [0.15, 0.2) is 5.17 Å². The second-order valence-corrected chi connectivity index (χ2v) is 19.4. The molecule has 10 nitrogen and oxygen atoms in total. The van der Waals surface area contributed by atoms with Crippen molar-refractivity contribution in [2.24, 2.45) is 10.9 Å². The molecule has 3 unspecified atom stereocenters. The van der Waals surface area contributed by atoms with Crippen LogP contribution in [0.2, 0.25) is 25.7 Å². The van der Waals surface area contributed by atoms with Gasteiger partial charge in [0.05, 0.1) is 25.3 Å². The Labute approximate surface area is 240 Å². The first-order valence-corrected chi connectivity index (χ1v) is 17.5. The lowest BCUT2D eigenvalue weighted by Gasteiger charge is -2.37. The fourth-order valence-electron chi connectivity index (χ4n) is 4.59. The molecule has 0 aromatic heterocycles. The van der Waals surface area contributed by atoms with Crippen molar-refractivity contribution in [3.8, 4) is 0 Å². The number of esters is 2. The zero-order valence-electron chi connectivity index (χ0n) is 24.7. The smallest absolute Gasteiger partial charge is 0.418 e. The maximum absolute atomic E-state index is 15.9. The molecule has 1 saturated carbocycles. The highest BCUT2D eigenvalue weighted by atomic mass is 32.2. The first-order chi connectivity index (χ1) is 18.4. The minimum Gasteiger partial charge on any atom is -0.468 e. The van der Waals surface area contributed by atoms with Crippen molar-refractivity contribution < 1.29 is 37.7 Å². The summed E-state index contributed by atoms with van der Waals surface area (Å²) in [4.78, 5) is 45.0. The largest absolute Gasteiger partial charge is 0.468 e. The van der Waals surface area contributed by atoms with E-state index >= 15 is 4.39 Å². The summed E-state index contributed by atoms with van der Waals surface area (Å²) in [5.41, 5.74) is 3.63. The number of halogens is 1. The highest BCUT2D eigenvalue weighted by molar-refractivity contribution is 8.15. The number of benzene rings is 1. The topological polar surface area (TPSA) is 130 Å². The van der Waals surface area contributed by atoms with Gasteiger partial charge < -0.3 is 24.7 Å². The van der Waals surface area contributed by atoms with E-state index in [1.165, 1.54) is 24.1 Å². The van der Waals surface area contributed by atoms with Crippen LogP contribution < -0.4 is 5.73 Å². The molecule has 2 N–H and O–H groups in total. The average molecular weight is 598 g/mol. The number of thioether (sulfide) groups is 1. The maximum atomic E-state index is 15.9. The Balaban J connectivity index is 2.14. The lowest BCUT2D eigenvalue weighted by Crippen LogP contribution is -2.47. The third kappa shape index (κ3) is 6.63. The summed E-state index contributed by atoms with van der Waals surface area (Å²) >= 11 is 1.07. The van der Waals surface area contributed by atoms with E-state index in [2.05, 4.69) is 19.6 Å². The molecule has 2 aliphatic rings. The molecule has 0 radical (unpaired) electrons. The van der Waals surface area contributed by atoms with E-state index in [4.69, 9.17) is 29.7 Å². The van der Waals surface area contributed by atoms with Crippen LogP contribution in [0, 0.1) is 11.7 Å². The minimum absolute atomic E-state index is 0.00488. The molecule has 0 bridgehead atoms. The number of amidine groups is 1. The second kappa shape index (κ2) is 11.3. The van der Waals surface area contributed by atoms with Crippen LogP contribution in [0.15, 0.2) is 17.1 Å². The van der Waals surface area contributed by atoms with Gasteiger partial charge in [-0.25, -0.2) is 18.9 Å². The summed E-state index contributed by atoms with van der Waals surface area (Å²) in [5, 5.41) is 0.116. The number of nitrogen functional groups attached to an aromatic ring is 1. The first-order valence-electron chi connectivity index (χ1n) is 13.0. The molecule has 1 aromatic carbocycles. The molecule has 0 saturated heterocycles. The normalized spacial score (nSPS) is 23.9. The van der Waals surface area contributed by atoms with Crippen LogP contribution in [0.4, 0.5) is 14.9 Å². The summed E-state index contributed by atoms with van der Waals surface area (Å²) in [6.45, 7) is 13.7. The predicted octanol–water partition coefficient (Wildman–Crippen LogP) is 4.99. The first kappa shape index (κ1) is 31.9. The lowest BCUT2D eigenvalue weighted by molar-refractivity contribution is -0.141. The summed E-state index contributed by atoms with van der Waals surface area (Å²) in [5.74, 6) is -2.79. The van der Waals surface area contributed by atoms with Crippen LogP contribution in [-0.2, 0) is 29.3 Å². The number of aliphatic imine (C=N–C) groups is 1. The van der Waals surface area contributed by atoms with Crippen LogP contribution >= 0.6 is 11.8 Å². The Morgan fingerprint density at radius 2 is 1.85 bits per heavy atom. The zero-order valence-corrected chi connectivity index (χ0v) is 26.5. The number of nitrogens with zero attached hydrogens (tertiary/aromatic N) is 2. The second-order valence-electron chi connectivity index (χ2n) is 12.5. The van der Waals surface area contributed by atoms with E-state index in [1.807, 2.05) is 0 Å². The Bertz CT molecular complexity index is 1220. The van der Waals surface area contributed by atoms with Crippen LogP contribution in [0.3, 0.4) is 0 Å². The highest BCUT2D eigenvalue weighted by Gasteiger charge is 2.72. The molecule has 1 amide bonds. The number of anilines is 1. The van der Waals surface area contributed by atoms with E-state index in [0.29, 0.717) is 13.0 Å². The van der Waals surface area contributed by atoms with Crippen molar-refractivity contribution >= 4 is 48.7 Å². The molecule has 3 atom stereocenters. The molecule has 1 fully saturated rings. The van der Waals surface area contributed by atoms with E-state index in [-0.39, 0.29) is 28.7 Å². The molecule has 1 aliphatic carbocycles. The number of rotatable bonds is 8. The number of carbonyl (C=O) groups is 3. The van der Waals surface area contributed by atoms with Gasteiger partial charge in [-0.15, -0.1) is 0 Å². The van der Waals surface area contributed by atoms with Crippen LogP contribution in [0.25, 0.3) is 0 Å². The molecule has 222 valence electrons. The van der Waals surface area contributed by atoms with E-state index in [0.717, 1.165) is 24.9 Å². The monoisotopic (exact) mass is 597 g/mol. The Morgan fingerprint density at radius 1 is 1.20 bits per heavy atom. The third-order valence-electron chi connectivity index (χ3n) is 6.83. The number of hydrogen-bond acceptors (Lipinski definition) is 10. The van der Waals surface area contributed by atoms with Crippen molar-refractivity contribution in [1.82, 2.24) is 4.90 Å². The van der Waals surface area contributed by atoms with Gasteiger partial charge in [0.1, 0.15) is 22.9 Å². The van der Waals surface area contributed by atoms with Gasteiger partial charge in [-0.05, 0) is 52.3 Å². The quantitative estimate of drug-likeness (QED) is 0.110. The third-order valence-corrected chi connectivity index (χ3v) is 10.0. The van der Waals surface area contributed by atoms with Crippen molar-refractivity contribution in [3.05, 3.63) is 29.1 Å². The minimum atomic E-state index is -1.41. The standard InChI is InChI=1S/C27H40FN3O7SSi/c1-25(2,3)38-24(34)31(15-37-10-11-40(7,8)9)23-30-26(4,19-14-27(19,39-23)22(33)36-6)18-13-16(29)12-17(20(18)28)21(32)35-5/h12-13,19H,10-11,14-15,29H2,1-9H3. The molecule has 1 aromatic rings. The summed E-state index contributed by atoms with van der Waals surface area (Å²) in [6.07, 6.45) is -0.426. The Hall–Kier alpha value is -2.64. The van der Waals surface area contributed by atoms with Crippen molar-refractivity contribution in [3.63, 3.8) is 0 Å². The maximum Gasteiger partial charge on any atom is 0.418 e. The molecular weight excluding hydrogens is 557 g/mol. The van der Waals surface area contributed by atoms with Crippen LogP contribution in [0.1, 0.15) is 50.0 Å². The molecule has 0 spiro atoms. The fraction of sp³-hybridized carbons (Fsp3) is 0.630. The Morgan fingerprint density at radius 3 is 2.40 bits per heavy atom. The number of hydrogen-bond donors (Lipinski definition) is 1. The molecule has 1 heterocycles. The van der Waals surface area contributed by atoms with Gasteiger partial charge in [-0.2, -0.15) is 0 Å². The summed E-state index contributed by atoms with van der Waals surface area (Å²) in [6, 6.07) is 3.45. The fourth-order valence-corrected chi connectivity index (χ4v) is 6.93. The van der Waals surface area contributed by atoms with Gasteiger partial charge in [0, 0.05) is 31.8 Å². The van der Waals surface area contributed by atoms with E-state index in [1.54, 1.807) is 27.7 Å².